The minimum Gasteiger partial charge on any atom is -0.493 e. The number of carbonyl (C=O) groups is 1. The molecule has 0 bridgehead atoms. The number of likely N-dealkylation sites (N-methyl/N-ethyl adjacent to an activating group) is 1. The summed E-state index contributed by atoms with van der Waals surface area (Å²) in [5, 5.41) is 0. The number of carbonyl (C=O) groups excluding carboxylic acids is 1. The predicted octanol–water partition coefficient (Wildman–Crippen LogP) is 2.80. The zero-order valence-electron chi connectivity index (χ0n) is 14.7. The molecule has 0 aromatic heterocycles. The third-order valence-electron chi connectivity index (χ3n) is 3.79. The molecule has 0 aliphatic heterocycles. The lowest BCUT2D eigenvalue weighted by molar-refractivity contribution is -0.119. The van der Waals surface area contributed by atoms with Crippen LogP contribution in [0.25, 0.3) is 0 Å². The van der Waals surface area contributed by atoms with Gasteiger partial charge in [-0.2, -0.15) is 0 Å². The maximum Gasteiger partial charge on any atom is 0.248 e. The molecule has 0 fully saturated rings. The van der Waals surface area contributed by atoms with E-state index in [4.69, 9.17) is 19.9 Å². The molecule has 1 amide bonds. The molecule has 1 atom stereocenters. The minimum atomic E-state index is -0.754. The van der Waals surface area contributed by atoms with Crippen molar-refractivity contribution in [2.24, 2.45) is 5.73 Å². The van der Waals surface area contributed by atoms with Crippen LogP contribution in [0, 0.1) is 0 Å². The number of methoxy groups -OCH3 is 3. The minimum absolute atomic E-state index is 0. The molecule has 25 heavy (non-hydrogen) atoms. The molecule has 7 heteroatoms. The summed E-state index contributed by atoms with van der Waals surface area (Å²) in [5.41, 5.74) is 7.45. The lowest BCUT2D eigenvalue weighted by atomic mass is 10.1. The van der Waals surface area contributed by atoms with Gasteiger partial charge in [-0.15, -0.1) is 12.4 Å². The van der Waals surface area contributed by atoms with Gasteiger partial charge in [-0.05, 0) is 5.56 Å². The maximum absolute atomic E-state index is 12.7. The SMILES string of the molecule is COc1cc(N(C)C(=O)C(N)c2ccccc2)cc(OC)c1OC.Cl. The van der Waals surface area contributed by atoms with Gasteiger partial charge in [-0.25, -0.2) is 0 Å². The van der Waals surface area contributed by atoms with Crippen molar-refractivity contribution in [3.05, 3.63) is 48.0 Å². The summed E-state index contributed by atoms with van der Waals surface area (Å²) < 4.78 is 15.9. The van der Waals surface area contributed by atoms with Gasteiger partial charge in [-0.1, -0.05) is 30.3 Å². The second-order valence-corrected chi connectivity index (χ2v) is 5.17. The molecule has 2 aromatic rings. The van der Waals surface area contributed by atoms with Gasteiger partial charge in [0, 0.05) is 19.2 Å². The third-order valence-corrected chi connectivity index (χ3v) is 3.79. The summed E-state index contributed by atoms with van der Waals surface area (Å²) in [7, 11) is 6.24. The lowest BCUT2D eigenvalue weighted by Crippen LogP contribution is -2.35. The first kappa shape index (κ1) is 20.6. The molecule has 2 rings (SSSR count). The van der Waals surface area contributed by atoms with Gasteiger partial charge >= 0.3 is 0 Å². The number of anilines is 1. The van der Waals surface area contributed by atoms with E-state index in [-0.39, 0.29) is 18.3 Å². The standard InChI is InChI=1S/C18H22N2O4.ClH/c1-20(18(21)16(19)12-8-6-5-7-9-12)13-10-14(22-2)17(24-4)15(11-13)23-3;/h5-11,16H,19H2,1-4H3;1H. The Bertz CT molecular complexity index is 684. The Balaban J connectivity index is 0.00000312. The zero-order valence-corrected chi connectivity index (χ0v) is 15.5. The molecular weight excluding hydrogens is 344 g/mol. The van der Waals surface area contributed by atoms with Crippen LogP contribution in [-0.2, 0) is 4.79 Å². The first-order chi connectivity index (χ1) is 11.5. The van der Waals surface area contributed by atoms with Gasteiger partial charge in [0.15, 0.2) is 11.5 Å². The van der Waals surface area contributed by atoms with E-state index in [1.54, 1.807) is 19.2 Å². The van der Waals surface area contributed by atoms with E-state index >= 15 is 0 Å². The van der Waals surface area contributed by atoms with E-state index in [2.05, 4.69) is 0 Å². The van der Waals surface area contributed by atoms with Crippen LogP contribution in [0.2, 0.25) is 0 Å². The average molecular weight is 367 g/mol. The predicted molar refractivity (Wildman–Crippen MR) is 100 cm³/mol. The largest absolute Gasteiger partial charge is 0.493 e. The van der Waals surface area contributed by atoms with Gasteiger partial charge in [0.2, 0.25) is 11.7 Å². The molecule has 0 heterocycles. The number of benzene rings is 2. The highest BCUT2D eigenvalue weighted by molar-refractivity contribution is 5.97. The van der Waals surface area contributed by atoms with Gasteiger partial charge in [-0.3, -0.25) is 4.79 Å². The van der Waals surface area contributed by atoms with E-state index in [1.165, 1.54) is 26.2 Å². The number of amides is 1. The van der Waals surface area contributed by atoms with E-state index in [0.29, 0.717) is 22.9 Å². The Hall–Kier alpha value is -2.44. The van der Waals surface area contributed by atoms with Gasteiger partial charge < -0.3 is 24.8 Å². The van der Waals surface area contributed by atoms with Crippen molar-refractivity contribution in [1.82, 2.24) is 0 Å². The van der Waals surface area contributed by atoms with Gasteiger partial charge in [0.05, 0.1) is 27.0 Å². The monoisotopic (exact) mass is 366 g/mol. The summed E-state index contributed by atoms with van der Waals surface area (Å²) >= 11 is 0. The Morgan fingerprint density at radius 1 is 1.00 bits per heavy atom. The highest BCUT2D eigenvalue weighted by atomic mass is 35.5. The molecule has 2 aromatic carbocycles. The molecule has 0 radical (unpaired) electrons. The maximum atomic E-state index is 12.7. The van der Waals surface area contributed by atoms with Crippen LogP contribution in [0.4, 0.5) is 5.69 Å². The summed E-state index contributed by atoms with van der Waals surface area (Å²) in [6.45, 7) is 0. The van der Waals surface area contributed by atoms with Crippen LogP contribution in [0.3, 0.4) is 0 Å². The van der Waals surface area contributed by atoms with Gasteiger partial charge in [0.25, 0.3) is 0 Å². The first-order valence-electron chi connectivity index (χ1n) is 7.41. The molecule has 0 aliphatic rings. The molecule has 1 unspecified atom stereocenters. The highest BCUT2D eigenvalue weighted by Gasteiger charge is 2.23. The quantitative estimate of drug-likeness (QED) is 0.850. The van der Waals surface area contributed by atoms with Crippen molar-refractivity contribution in [3.63, 3.8) is 0 Å². The number of hydrogen-bond acceptors (Lipinski definition) is 5. The van der Waals surface area contributed by atoms with Crippen LogP contribution in [-0.4, -0.2) is 34.3 Å². The van der Waals surface area contributed by atoms with Crippen LogP contribution in [0.5, 0.6) is 17.2 Å². The fraction of sp³-hybridized carbons (Fsp3) is 0.278. The Labute approximate surface area is 153 Å². The molecule has 0 saturated carbocycles. The number of rotatable bonds is 6. The third kappa shape index (κ3) is 4.35. The second kappa shape index (κ2) is 9.15. The molecule has 0 saturated heterocycles. The molecule has 0 spiro atoms. The van der Waals surface area contributed by atoms with Crippen LogP contribution in [0.15, 0.2) is 42.5 Å². The summed E-state index contributed by atoms with van der Waals surface area (Å²) in [5.74, 6) is 1.17. The fourth-order valence-corrected chi connectivity index (χ4v) is 2.40. The molecule has 0 aliphatic carbocycles. The second-order valence-electron chi connectivity index (χ2n) is 5.17. The lowest BCUT2D eigenvalue weighted by Gasteiger charge is -2.23. The van der Waals surface area contributed by atoms with Crippen molar-refractivity contribution < 1.29 is 19.0 Å². The summed E-state index contributed by atoms with van der Waals surface area (Å²) in [4.78, 5) is 14.2. The number of nitrogens with two attached hydrogens (primary N) is 1. The van der Waals surface area contributed by atoms with Crippen LogP contribution < -0.4 is 24.8 Å². The summed E-state index contributed by atoms with van der Waals surface area (Å²) in [6.07, 6.45) is 0. The summed E-state index contributed by atoms with van der Waals surface area (Å²) in [6, 6.07) is 11.9. The van der Waals surface area contributed by atoms with E-state index in [9.17, 15) is 4.79 Å². The molecule has 136 valence electrons. The first-order valence-corrected chi connectivity index (χ1v) is 7.41. The van der Waals surface area contributed by atoms with E-state index in [1.807, 2.05) is 30.3 Å². The number of hydrogen-bond donors (Lipinski definition) is 1. The number of nitrogens with zero attached hydrogens (tertiary/aromatic N) is 1. The zero-order chi connectivity index (χ0) is 17.7. The Morgan fingerprint density at radius 3 is 1.96 bits per heavy atom. The van der Waals surface area contributed by atoms with Gasteiger partial charge in [0.1, 0.15) is 6.04 Å². The van der Waals surface area contributed by atoms with Crippen molar-refractivity contribution >= 4 is 24.0 Å². The average Bonchev–Trinajstić information content (AvgIpc) is 2.65. The smallest absolute Gasteiger partial charge is 0.248 e. The Morgan fingerprint density at radius 2 is 1.52 bits per heavy atom. The van der Waals surface area contributed by atoms with E-state index in [0.717, 1.165) is 5.56 Å². The number of ether oxygens (including phenoxy) is 3. The molecular formula is C18H23ClN2O4. The van der Waals surface area contributed by atoms with E-state index < -0.39 is 6.04 Å². The Kier molecular flexibility index (Phi) is 7.54. The number of halogens is 1. The van der Waals surface area contributed by atoms with Crippen LogP contribution >= 0.6 is 12.4 Å². The molecule has 6 nitrogen and oxygen atoms in total. The topological polar surface area (TPSA) is 74.0 Å². The van der Waals surface area contributed by atoms with Crippen molar-refractivity contribution in [2.75, 3.05) is 33.3 Å². The van der Waals surface area contributed by atoms with Crippen LogP contribution in [0.1, 0.15) is 11.6 Å². The fourth-order valence-electron chi connectivity index (χ4n) is 2.40. The highest BCUT2D eigenvalue weighted by Crippen LogP contribution is 2.41. The van der Waals surface area contributed by atoms with Crippen molar-refractivity contribution in [1.29, 1.82) is 0 Å². The van der Waals surface area contributed by atoms with Crippen molar-refractivity contribution in [3.8, 4) is 17.2 Å². The molecule has 2 N–H and O–H groups in total. The normalized spacial score (nSPS) is 11.1. The van der Waals surface area contributed by atoms with Crippen molar-refractivity contribution in [2.45, 2.75) is 6.04 Å².